The highest BCUT2D eigenvalue weighted by Crippen LogP contribution is 2.74. The summed E-state index contributed by atoms with van der Waals surface area (Å²) in [6, 6.07) is 7.64. The third-order valence-corrected chi connectivity index (χ3v) is 19.5. The topological polar surface area (TPSA) is 142 Å². The van der Waals surface area contributed by atoms with E-state index in [0.29, 0.717) is 66.7 Å². The maximum absolute atomic E-state index is 14.2. The number of nitrogens with one attached hydrogen (secondary N) is 2. The van der Waals surface area contributed by atoms with E-state index in [1.807, 2.05) is 31.2 Å². The zero-order valence-electron chi connectivity index (χ0n) is 40.6. The van der Waals surface area contributed by atoms with Crippen LogP contribution >= 0.6 is 0 Å². The SMILES string of the molecule is CC(C)C1=C2C3CCC4C(C)(CCC5C(C)(C)C(CC(=O)C6CC(C(=O)O)C6C)CCC54C)C3CCC2(CCNC(=O)C(C)(C)NC(=O)c2ccc(CN3CCOCC3)cc2)CC1=O. The van der Waals surface area contributed by atoms with Crippen molar-refractivity contribution in [2.75, 3.05) is 32.8 Å². The quantitative estimate of drug-likeness (QED) is 0.178. The number of Topliss-reactive ketones (excluding diaryl/α,β-unsaturated/α-hetero) is 2. The molecular weight excluding hydrogens is 803 g/mol. The molecule has 1 saturated heterocycles. The van der Waals surface area contributed by atoms with Crippen molar-refractivity contribution in [2.24, 2.45) is 74.9 Å². The summed E-state index contributed by atoms with van der Waals surface area (Å²) in [6.07, 6.45) is 11.1. The second-order valence-electron chi connectivity index (χ2n) is 23.9. The van der Waals surface area contributed by atoms with Gasteiger partial charge in [0.25, 0.3) is 5.91 Å². The molecular formula is C54H79N3O7. The van der Waals surface area contributed by atoms with Gasteiger partial charge in [-0.15, -0.1) is 0 Å². The molecule has 352 valence electrons. The number of rotatable bonds is 13. The van der Waals surface area contributed by atoms with E-state index in [-0.39, 0.29) is 62.9 Å². The van der Waals surface area contributed by atoms with Crippen molar-refractivity contribution in [3.05, 3.63) is 46.5 Å². The number of ketones is 2. The van der Waals surface area contributed by atoms with Gasteiger partial charge in [-0.05, 0) is 159 Å². The van der Waals surface area contributed by atoms with Gasteiger partial charge in [-0.25, -0.2) is 0 Å². The molecule has 1 aromatic carbocycles. The van der Waals surface area contributed by atoms with E-state index in [1.165, 1.54) is 12.0 Å². The van der Waals surface area contributed by atoms with E-state index in [4.69, 9.17) is 4.74 Å². The number of carboxylic acid groups (broad SMARTS) is 1. The van der Waals surface area contributed by atoms with E-state index in [1.54, 1.807) is 13.8 Å². The van der Waals surface area contributed by atoms with Gasteiger partial charge < -0.3 is 20.5 Å². The van der Waals surface area contributed by atoms with Gasteiger partial charge in [-0.3, -0.25) is 28.9 Å². The largest absolute Gasteiger partial charge is 0.481 e. The average molecular weight is 882 g/mol. The van der Waals surface area contributed by atoms with Gasteiger partial charge >= 0.3 is 5.97 Å². The number of nitrogens with zero attached hydrogens (tertiary/aromatic N) is 1. The van der Waals surface area contributed by atoms with Gasteiger partial charge in [0.15, 0.2) is 5.78 Å². The monoisotopic (exact) mass is 882 g/mol. The molecule has 5 saturated carbocycles. The predicted octanol–water partition coefficient (Wildman–Crippen LogP) is 9.06. The molecule has 64 heavy (non-hydrogen) atoms. The molecule has 0 spiro atoms. The fourth-order valence-corrected chi connectivity index (χ4v) is 15.9. The first-order chi connectivity index (χ1) is 30.1. The number of carbonyl (C=O) groups is 5. The van der Waals surface area contributed by atoms with E-state index in [0.717, 1.165) is 95.4 Å². The maximum Gasteiger partial charge on any atom is 0.306 e. The summed E-state index contributed by atoms with van der Waals surface area (Å²) in [4.78, 5) is 69.0. The number of carboxylic acids is 1. The molecule has 11 atom stereocenters. The number of carbonyl (C=O) groups excluding carboxylic acids is 4. The molecule has 7 aliphatic rings. The molecule has 0 radical (unpaired) electrons. The maximum atomic E-state index is 14.2. The van der Waals surface area contributed by atoms with Crippen LogP contribution in [0.5, 0.6) is 0 Å². The van der Waals surface area contributed by atoms with E-state index in [9.17, 15) is 29.1 Å². The number of morpholine rings is 1. The van der Waals surface area contributed by atoms with Crippen LogP contribution in [-0.2, 0) is 30.5 Å². The summed E-state index contributed by atoms with van der Waals surface area (Å²) < 4.78 is 5.47. The Balaban J connectivity index is 0.919. The molecule has 1 heterocycles. The fraction of sp³-hybridized carbons (Fsp3) is 0.759. The Morgan fingerprint density at radius 3 is 2.23 bits per heavy atom. The molecule has 0 bridgehead atoms. The standard InChI is InChI=1S/C54H79N3O7/c1-32(2)45-42(59)30-54(22-23-55-49(63)51(6,7)56-47(60)35-12-10-34(11-13-35)31-57-24-26-64-27-25-57)21-17-40-37(46(45)54)14-15-44-52(40,8)20-18-43-50(4,5)36(16-19-53(43,44)9)28-41(58)38-29-39(33(38)3)48(61)62/h10-13,32-33,36-40,43-44H,14-31H2,1-9H3,(H,55,63)(H,56,60)(H,61,62). The zero-order valence-corrected chi connectivity index (χ0v) is 40.6. The normalized spacial score (nSPS) is 37.1. The molecule has 6 aliphatic carbocycles. The minimum absolute atomic E-state index is 0.0174. The molecule has 8 rings (SSSR count). The smallest absolute Gasteiger partial charge is 0.306 e. The second kappa shape index (κ2) is 17.4. The molecule has 3 N–H and O–H groups in total. The Morgan fingerprint density at radius 2 is 1.58 bits per heavy atom. The number of hydrogen-bond acceptors (Lipinski definition) is 7. The Kier molecular flexibility index (Phi) is 12.8. The molecule has 10 heteroatoms. The molecule has 6 fully saturated rings. The lowest BCUT2D eigenvalue weighted by molar-refractivity contribution is -0.193. The highest BCUT2D eigenvalue weighted by molar-refractivity contribution is 6.01. The van der Waals surface area contributed by atoms with Gasteiger partial charge in [0.2, 0.25) is 5.91 Å². The molecule has 11 unspecified atom stereocenters. The predicted molar refractivity (Wildman–Crippen MR) is 248 cm³/mol. The number of ether oxygens (including phenoxy) is 1. The minimum Gasteiger partial charge on any atom is -0.481 e. The van der Waals surface area contributed by atoms with Crippen molar-refractivity contribution < 1.29 is 33.8 Å². The molecule has 1 aromatic rings. The van der Waals surface area contributed by atoms with Gasteiger partial charge in [0, 0.05) is 55.9 Å². The van der Waals surface area contributed by atoms with Crippen molar-refractivity contribution in [3.8, 4) is 0 Å². The molecule has 0 aromatic heterocycles. The molecule has 2 amide bonds. The first-order valence-corrected chi connectivity index (χ1v) is 25.2. The summed E-state index contributed by atoms with van der Waals surface area (Å²) in [7, 11) is 0. The highest BCUT2D eigenvalue weighted by Gasteiger charge is 2.66. The Hall–Kier alpha value is -3.37. The van der Waals surface area contributed by atoms with Crippen molar-refractivity contribution in [2.45, 2.75) is 151 Å². The first kappa shape index (κ1) is 47.1. The Morgan fingerprint density at radius 1 is 0.891 bits per heavy atom. The summed E-state index contributed by atoms with van der Waals surface area (Å²) in [5.74, 6) is 1.18. The second-order valence-corrected chi connectivity index (χ2v) is 23.9. The van der Waals surface area contributed by atoms with Gasteiger partial charge in [-0.1, -0.05) is 66.2 Å². The van der Waals surface area contributed by atoms with Crippen LogP contribution < -0.4 is 10.6 Å². The van der Waals surface area contributed by atoms with Crippen LogP contribution in [0, 0.1) is 74.9 Å². The molecule has 10 nitrogen and oxygen atoms in total. The summed E-state index contributed by atoms with van der Waals surface area (Å²) in [5, 5.41) is 15.8. The van der Waals surface area contributed by atoms with E-state index in [2.05, 4.69) is 57.1 Å². The number of fused-ring (bicyclic) bond motifs is 7. The number of allylic oxidation sites excluding steroid dienone is 2. The van der Waals surface area contributed by atoms with Crippen molar-refractivity contribution in [3.63, 3.8) is 0 Å². The Labute approximate surface area is 383 Å². The summed E-state index contributed by atoms with van der Waals surface area (Å²) >= 11 is 0. The zero-order chi connectivity index (χ0) is 46.1. The minimum atomic E-state index is -1.13. The van der Waals surface area contributed by atoms with Crippen LogP contribution in [0.2, 0.25) is 0 Å². The first-order valence-electron chi connectivity index (χ1n) is 25.2. The average Bonchev–Trinajstić information content (AvgIpc) is 3.53. The fourth-order valence-electron chi connectivity index (χ4n) is 15.9. The number of amides is 2. The Bertz CT molecular complexity index is 2030. The van der Waals surface area contributed by atoms with Gasteiger partial charge in [0.05, 0.1) is 19.1 Å². The molecule has 1 aliphatic heterocycles. The van der Waals surface area contributed by atoms with Gasteiger partial charge in [-0.2, -0.15) is 0 Å². The lowest BCUT2D eigenvalue weighted by Gasteiger charge is -2.69. The summed E-state index contributed by atoms with van der Waals surface area (Å²) in [6.45, 7) is 24.4. The highest BCUT2D eigenvalue weighted by atomic mass is 16.5. The summed E-state index contributed by atoms with van der Waals surface area (Å²) in [5.41, 5.74) is 3.12. The van der Waals surface area contributed by atoms with E-state index >= 15 is 0 Å². The lowest BCUT2D eigenvalue weighted by atomic mass is 9.35. The van der Waals surface area contributed by atoms with Crippen LogP contribution in [0.4, 0.5) is 0 Å². The third-order valence-electron chi connectivity index (χ3n) is 19.5. The number of aliphatic carboxylic acids is 1. The van der Waals surface area contributed by atoms with Crippen LogP contribution in [0.15, 0.2) is 35.4 Å². The van der Waals surface area contributed by atoms with Gasteiger partial charge in [0.1, 0.15) is 11.3 Å². The lowest BCUT2D eigenvalue weighted by Crippen LogP contribution is -2.62. The number of hydrogen-bond donors (Lipinski definition) is 3. The van der Waals surface area contributed by atoms with Crippen LogP contribution in [0.1, 0.15) is 155 Å². The van der Waals surface area contributed by atoms with Crippen molar-refractivity contribution in [1.82, 2.24) is 15.5 Å². The third kappa shape index (κ3) is 8.14. The van der Waals surface area contributed by atoms with Crippen molar-refractivity contribution >= 4 is 29.4 Å². The van der Waals surface area contributed by atoms with E-state index < -0.39 is 11.5 Å². The van der Waals surface area contributed by atoms with Crippen molar-refractivity contribution in [1.29, 1.82) is 0 Å². The van der Waals surface area contributed by atoms with Crippen LogP contribution in [0.25, 0.3) is 0 Å². The van der Waals surface area contributed by atoms with Crippen LogP contribution in [0.3, 0.4) is 0 Å². The van der Waals surface area contributed by atoms with Crippen LogP contribution in [-0.4, -0.2) is 77.7 Å². The number of benzene rings is 1.